The van der Waals surface area contributed by atoms with Gasteiger partial charge in [-0.05, 0) is 94.8 Å². The standard InChI is InChI=1S/C31H47N7O2/c1-6-12-37-16-26-25(15-27(37)30(40)38-17-31(3,18-38)36(4)5)32-29(33-26)28-23-10-8-20(14-24(23)34-35-28)22-11-9-21(39)13-19(22)7-2/h9,11,13,20,23-24,27-28,34-35,39H,6-8,10,12,14-18H2,1-5H3,(H,32,33)/t20?,23?,24?,27-,28?/m0/s1. The number of hydrogen-bond acceptors (Lipinski definition) is 7. The third-order valence-corrected chi connectivity index (χ3v) is 10.3. The number of carbonyl (C=O) groups excluding carboxylic acids is 1. The van der Waals surface area contributed by atoms with Gasteiger partial charge in [-0.25, -0.2) is 10.4 Å². The summed E-state index contributed by atoms with van der Waals surface area (Å²) in [5.74, 6) is 2.59. The summed E-state index contributed by atoms with van der Waals surface area (Å²) in [5, 5.41) is 9.97. The number of phenols is 1. The van der Waals surface area contributed by atoms with Gasteiger partial charge in [0.15, 0.2) is 0 Å². The third-order valence-electron chi connectivity index (χ3n) is 10.3. The molecule has 4 unspecified atom stereocenters. The molecule has 4 heterocycles. The van der Waals surface area contributed by atoms with E-state index in [1.807, 2.05) is 17.0 Å². The van der Waals surface area contributed by atoms with Crippen molar-refractivity contribution < 1.29 is 9.90 Å². The molecule has 9 nitrogen and oxygen atoms in total. The van der Waals surface area contributed by atoms with Gasteiger partial charge < -0.3 is 19.9 Å². The Bertz CT molecular complexity index is 1240. The number of aromatic amines is 1. The number of likely N-dealkylation sites (N-methyl/N-ethyl adjacent to an activating group) is 1. The van der Waals surface area contributed by atoms with Gasteiger partial charge in [0.25, 0.3) is 0 Å². The number of aromatic nitrogens is 2. The SMILES string of the molecule is CCCN1Cc2[nH]c(C3NNC4CC(c5ccc(O)cc5CC)CCC43)nc2C[C@H]1C(=O)N1CC(C)(N(C)C)C1. The molecule has 1 aliphatic carbocycles. The van der Waals surface area contributed by atoms with Crippen LogP contribution in [-0.4, -0.2) is 87.0 Å². The zero-order valence-corrected chi connectivity index (χ0v) is 24.8. The van der Waals surface area contributed by atoms with Gasteiger partial charge in [-0.3, -0.25) is 15.1 Å². The van der Waals surface area contributed by atoms with Crippen molar-refractivity contribution in [2.75, 3.05) is 33.7 Å². The fraction of sp³-hybridized carbons (Fsp3) is 0.677. The van der Waals surface area contributed by atoms with E-state index in [1.54, 1.807) is 0 Å². The number of hydrazine groups is 1. The van der Waals surface area contributed by atoms with Crippen molar-refractivity contribution in [3.05, 3.63) is 46.5 Å². The molecule has 1 saturated carbocycles. The van der Waals surface area contributed by atoms with E-state index in [4.69, 9.17) is 4.98 Å². The number of imidazole rings is 1. The lowest BCUT2D eigenvalue weighted by molar-refractivity contribution is -0.150. The molecule has 5 atom stereocenters. The van der Waals surface area contributed by atoms with Crippen molar-refractivity contribution in [1.82, 2.24) is 35.5 Å². The van der Waals surface area contributed by atoms with Gasteiger partial charge in [0.2, 0.25) is 5.91 Å². The zero-order valence-electron chi connectivity index (χ0n) is 24.8. The van der Waals surface area contributed by atoms with Gasteiger partial charge in [-0.1, -0.05) is 19.9 Å². The Morgan fingerprint density at radius 3 is 2.73 bits per heavy atom. The molecule has 1 aromatic heterocycles. The van der Waals surface area contributed by atoms with Gasteiger partial charge >= 0.3 is 0 Å². The number of phenolic OH excluding ortho intramolecular Hbond substituents is 1. The summed E-state index contributed by atoms with van der Waals surface area (Å²) >= 11 is 0. The molecule has 1 amide bonds. The Morgan fingerprint density at radius 2 is 2.00 bits per heavy atom. The maximum Gasteiger partial charge on any atom is 0.240 e. The van der Waals surface area contributed by atoms with Crippen LogP contribution >= 0.6 is 0 Å². The van der Waals surface area contributed by atoms with Gasteiger partial charge in [-0.2, -0.15) is 0 Å². The Labute approximate surface area is 238 Å². The number of aryl methyl sites for hydroxylation is 1. The van der Waals surface area contributed by atoms with Crippen molar-refractivity contribution >= 4 is 5.91 Å². The van der Waals surface area contributed by atoms with Crippen LogP contribution in [0.25, 0.3) is 0 Å². The Balaban J connectivity index is 1.15. The topological polar surface area (TPSA) is 99.8 Å². The van der Waals surface area contributed by atoms with Crippen LogP contribution in [0.3, 0.4) is 0 Å². The highest BCUT2D eigenvalue weighted by Gasteiger charge is 2.47. The number of carbonyl (C=O) groups is 1. The predicted octanol–water partition coefficient (Wildman–Crippen LogP) is 3.08. The molecule has 4 aliphatic rings. The molecule has 3 aliphatic heterocycles. The second-order valence-corrected chi connectivity index (χ2v) is 13.1. The molecule has 0 spiro atoms. The molecular formula is C31H47N7O2. The molecule has 40 heavy (non-hydrogen) atoms. The van der Waals surface area contributed by atoms with E-state index >= 15 is 0 Å². The molecule has 2 saturated heterocycles. The molecule has 9 heteroatoms. The molecule has 2 aromatic rings. The Hall–Kier alpha value is -2.46. The maximum atomic E-state index is 13.6. The van der Waals surface area contributed by atoms with Crippen molar-refractivity contribution in [1.29, 1.82) is 0 Å². The molecule has 218 valence electrons. The van der Waals surface area contributed by atoms with Crippen molar-refractivity contribution in [3.63, 3.8) is 0 Å². The fourth-order valence-electron chi connectivity index (χ4n) is 7.64. The van der Waals surface area contributed by atoms with Crippen LogP contribution in [0.4, 0.5) is 0 Å². The average Bonchev–Trinajstić information content (AvgIpc) is 3.53. The summed E-state index contributed by atoms with van der Waals surface area (Å²) in [5.41, 5.74) is 12.1. The van der Waals surface area contributed by atoms with E-state index in [0.29, 0.717) is 30.0 Å². The quantitative estimate of drug-likeness (QED) is 0.421. The minimum absolute atomic E-state index is 0.0711. The summed E-state index contributed by atoms with van der Waals surface area (Å²) in [7, 11) is 4.20. The highest BCUT2D eigenvalue weighted by atomic mass is 16.3. The number of rotatable bonds is 7. The predicted molar refractivity (Wildman–Crippen MR) is 156 cm³/mol. The number of fused-ring (bicyclic) bond motifs is 2. The van der Waals surface area contributed by atoms with E-state index in [-0.39, 0.29) is 23.5 Å². The molecule has 6 rings (SSSR count). The molecule has 0 bridgehead atoms. The van der Waals surface area contributed by atoms with E-state index in [9.17, 15) is 9.90 Å². The van der Waals surface area contributed by atoms with E-state index < -0.39 is 0 Å². The number of H-pyrrole nitrogens is 1. The average molecular weight is 550 g/mol. The van der Waals surface area contributed by atoms with Crippen LogP contribution in [0.1, 0.15) is 86.8 Å². The number of benzene rings is 1. The summed E-state index contributed by atoms with van der Waals surface area (Å²) < 4.78 is 0. The van der Waals surface area contributed by atoms with Crippen molar-refractivity contribution in [3.8, 4) is 5.75 Å². The van der Waals surface area contributed by atoms with Crippen LogP contribution in [-0.2, 0) is 24.2 Å². The number of likely N-dealkylation sites (tertiary alicyclic amines) is 1. The Kier molecular flexibility index (Phi) is 7.44. The number of hydrogen-bond donors (Lipinski definition) is 4. The van der Waals surface area contributed by atoms with Crippen molar-refractivity contribution in [2.24, 2.45) is 5.92 Å². The maximum absolute atomic E-state index is 13.6. The van der Waals surface area contributed by atoms with Gasteiger partial charge in [0.1, 0.15) is 11.6 Å². The minimum Gasteiger partial charge on any atom is -0.508 e. The fourth-order valence-corrected chi connectivity index (χ4v) is 7.64. The summed E-state index contributed by atoms with van der Waals surface area (Å²) in [4.78, 5) is 29.1. The molecule has 3 fully saturated rings. The summed E-state index contributed by atoms with van der Waals surface area (Å²) in [6, 6.07) is 6.28. The Morgan fingerprint density at radius 1 is 1.20 bits per heavy atom. The first kappa shape index (κ1) is 27.7. The van der Waals surface area contributed by atoms with Crippen LogP contribution in [0.2, 0.25) is 0 Å². The highest BCUT2D eigenvalue weighted by Crippen LogP contribution is 2.44. The number of nitrogens with zero attached hydrogens (tertiary/aromatic N) is 4. The van der Waals surface area contributed by atoms with Crippen LogP contribution in [0, 0.1) is 5.92 Å². The second-order valence-electron chi connectivity index (χ2n) is 13.1. The molecule has 0 radical (unpaired) electrons. The second kappa shape index (κ2) is 10.7. The smallest absolute Gasteiger partial charge is 0.240 e. The van der Waals surface area contributed by atoms with Crippen LogP contribution in [0.5, 0.6) is 5.75 Å². The lowest BCUT2D eigenvalue weighted by atomic mass is 9.73. The van der Waals surface area contributed by atoms with Crippen LogP contribution < -0.4 is 10.9 Å². The normalized spacial score (nSPS) is 29.8. The first-order valence-electron chi connectivity index (χ1n) is 15.3. The summed E-state index contributed by atoms with van der Waals surface area (Å²) in [6.45, 7) is 9.83. The number of amides is 1. The monoisotopic (exact) mass is 549 g/mol. The summed E-state index contributed by atoms with van der Waals surface area (Å²) in [6.07, 6.45) is 5.98. The lowest BCUT2D eigenvalue weighted by Crippen LogP contribution is -2.70. The zero-order chi connectivity index (χ0) is 28.2. The first-order valence-corrected chi connectivity index (χ1v) is 15.3. The third kappa shape index (κ3) is 4.85. The van der Waals surface area contributed by atoms with E-state index in [0.717, 1.165) is 69.8 Å². The largest absolute Gasteiger partial charge is 0.508 e. The van der Waals surface area contributed by atoms with Crippen molar-refractivity contribution in [2.45, 2.75) is 95.4 Å². The molecule has 1 aromatic carbocycles. The van der Waals surface area contributed by atoms with Crippen LogP contribution in [0.15, 0.2) is 18.2 Å². The van der Waals surface area contributed by atoms with E-state index in [1.165, 1.54) is 16.8 Å². The van der Waals surface area contributed by atoms with Gasteiger partial charge in [0, 0.05) is 32.1 Å². The first-order chi connectivity index (χ1) is 19.2. The lowest BCUT2D eigenvalue weighted by Gasteiger charge is -2.53. The van der Waals surface area contributed by atoms with Gasteiger partial charge in [0.05, 0.1) is 29.0 Å². The van der Waals surface area contributed by atoms with Gasteiger partial charge in [-0.15, -0.1) is 0 Å². The number of nitrogens with one attached hydrogen (secondary N) is 3. The molecule has 4 N–H and O–H groups in total. The number of aromatic hydroxyl groups is 1. The minimum atomic E-state index is -0.133. The molecular weight excluding hydrogens is 502 g/mol. The van der Waals surface area contributed by atoms with E-state index in [2.05, 4.69) is 66.6 Å². The highest BCUT2D eigenvalue weighted by molar-refractivity contribution is 5.83.